The summed E-state index contributed by atoms with van der Waals surface area (Å²) >= 11 is 0. The molecule has 0 radical (unpaired) electrons. The van der Waals surface area contributed by atoms with Crippen molar-refractivity contribution in [3.8, 4) is 11.8 Å². The second kappa shape index (κ2) is 5.35. The van der Waals surface area contributed by atoms with Crippen molar-refractivity contribution < 1.29 is 0 Å². The highest BCUT2D eigenvalue weighted by Gasteiger charge is 2.04. The zero-order chi connectivity index (χ0) is 7.98. The number of hydrogen-bond donors (Lipinski definition) is 0. The molecule has 0 heterocycles. The predicted octanol–water partition coefficient (Wildman–Crippen LogP) is 3.08. The molecule has 0 fully saturated rings. The normalized spacial score (nSPS) is 15.2. The standard InChI is InChI=1S/C10H18/c1-5-7-8-10(4)9(3)6-2/h9-10H,5-6H2,1-4H3. The topological polar surface area (TPSA) is 0 Å². The maximum Gasteiger partial charge on any atom is 0.0200 e. The van der Waals surface area contributed by atoms with Crippen molar-refractivity contribution >= 4 is 0 Å². The summed E-state index contributed by atoms with van der Waals surface area (Å²) in [6.45, 7) is 8.77. The van der Waals surface area contributed by atoms with Gasteiger partial charge in [-0.25, -0.2) is 0 Å². The van der Waals surface area contributed by atoms with E-state index in [4.69, 9.17) is 0 Å². The third kappa shape index (κ3) is 3.56. The van der Waals surface area contributed by atoms with Crippen LogP contribution in [0.25, 0.3) is 0 Å². The van der Waals surface area contributed by atoms with E-state index in [2.05, 4.69) is 39.5 Å². The summed E-state index contributed by atoms with van der Waals surface area (Å²) in [5.74, 6) is 7.67. The smallest absolute Gasteiger partial charge is 0.0200 e. The molecule has 0 bridgehead atoms. The highest BCUT2D eigenvalue weighted by atomic mass is 14.1. The van der Waals surface area contributed by atoms with Crippen molar-refractivity contribution in [3.63, 3.8) is 0 Å². The highest BCUT2D eigenvalue weighted by molar-refractivity contribution is 5.02. The largest absolute Gasteiger partial charge is 0.103 e. The molecule has 10 heavy (non-hydrogen) atoms. The molecule has 2 unspecified atom stereocenters. The van der Waals surface area contributed by atoms with Gasteiger partial charge in [0.15, 0.2) is 0 Å². The maximum atomic E-state index is 3.23. The van der Waals surface area contributed by atoms with Gasteiger partial charge in [0.05, 0.1) is 0 Å². The molecule has 0 amide bonds. The Balaban J connectivity index is 3.71. The summed E-state index contributed by atoms with van der Waals surface area (Å²) in [6, 6.07) is 0. The molecule has 0 aromatic carbocycles. The van der Waals surface area contributed by atoms with Gasteiger partial charge in [0, 0.05) is 12.3 Å². The first-order valence-corrected chi connectivity index (χ1v) is 4.20. The lowest BCUT2D eigenvalue weighted by Crippen LogP contribution is -2.03. The molecular weight excluding hydrogens is 120 g/mol. The van der Waals surface area contributed by atoms with Crippen molar-refractivity contribution in [2.24, 2.45) is 11.8 Å². The average molecular weight is 138 g/mol. The van der Waals surface area contributed by atoms with E-state index < -0.39 is 0 Å². The van der Waals surface area contributed by atoms with Crippen molar-refractivity contribution in [2.45, 2.75) is 40.5 Å². The monoisotopic (exact) mass is 138 g/mol. The van der Waals surface area contributed by atoms with Crippen molar-refractivity contribution in [1.29, 1.82) is 0 Å². The first-order chi connectivity index (χ1) is 4.72. The Morgan fingerprint density at radius 2 is 1.80 bits per heavy atom. The fraction of sp³-hybridized carbons (Fsp3) is 0.800. The molecule has 0 aromatic rings. The van der Waals surface area contributed by atoms with Crippen LogP contribution in [0.4, 0.5) is 0 Å². The molecule has 0 aliphatic heterocycles. The van der Waals surface area contributed by atoms with Crippen LogP contribution in [0.3, 0.4) is 0 Å². The summed E-state index contributed by atoms with van der Waals surface area (Å²) in [5.41, 5.74) is 0. The van der Waals surface area contributed by atoms with Crippen LogP contribution in [0.15, 0.2) is 0 Å². The van der Waals surface area contributed by atoms with E-state index in [-0.39, 0.29) is 0 Å². The molecule has 2 atom stereocenters. The van der Waals surface area contributed by atoms with Crippen LogP contribution < -0.4 is 0 Å². The van der Waals surface area contributed by atoms with Crippen LogP contribution in [-0.4, -0.2) is 0 Å². The van der Waals surface area contributed by atoms with Crippen LogP contribution in [0.1, 0.15) is 40.5 Å². The van der Waals surface area contributed by atoms with Gasteiger partial charge < -0.3 is 0 Å². The third-order valence-corrected chi connectivity index (χ3v) is 2.00. The Kier molecular flexibility index (Phi) is 5.12. The molecule has 0 aromatic heterocycles. The van der Waals surface area contributed by atoms with Crippen molar-refractivity contribution in [2.75, 3.05) is 0 Å². The third-order valence-electron chi connectivity index (χ3n) is 2.00. The minimum atomic E-state index is 0.574. The van der Waals surface area contributed by atoms with Crippen molar-refractivity contribution in [1.82, 2.24) is 0 Å². The Morgan fingerprint density at radius 1 is 1.20 bits per heavy atom. The lowest BCUT2D eigenvalue weighted by atomic mass is 9.94. The van der Waals surface area contributed by atoms with Gasteiger partial charge in [-0.05, 0) is 5.92 Å². The molecule has 0 heteroatoms. The molecule has 58 valence electrons. The van der Waals surface area contributed by atoms with E-state index >= 15 is 0 Å². The quantitative estimate of drug-likeness (QED) is 0.514. The number of hydrogen-bond acceptors (Lipinski definition) is 0. The van der Waals surface area contributed by atoms with E-state index in [1.807, 2.05) is 0 Å². The van der Waals surface area contributed by atoms with Gasteiger partial charge in [-0.15, -0.1) is 5.92 Å². The molecular formula is C10H18. The molecule has 0 saturated heterocycles. The van der Waals surface area contributed by atoms with Crippen LogP contribution in [0.5, 0.6) is 0 Å². The summed E-state index contributed by atoms with van der Waals surface area (Å²) in [6.07, 6.45) is 2.22. The van der Waals surface area contributed by atoms with Gasteiger partial charge in [-0.1, -0.05) is 40.0 Å². The van der Waals surface area contributed by atoms with Gasteiger partial charge in [-0.2, -0.15) is 0 Å². The summed E-state index contributed by atoms with van der Waals surface area (Å²) in [7, 11) is 0. The maximum absolute atomic E-state index is 3.23. The number of rotatable bonds is 2. The predicted molar refractivity (Wildman–Crippen MR) is 46.7 cm³/mol. The molecule has 0 saturated carbocycles. The first-order valence-electron chi connectivity index (χ1n) is 4.20. The molecule has 0 rings (SSSR count). The summed E-state index contributed by atoms with van der Waals surface area (Å²) < 4.78 is 0. The van der Waals surface area contributed by atoms with E-state index in [0.717, 1.165) is 12.3 Å². The zero-order valence-electron chi connectivity index (χ0n) is 7.57. The second-order valence-corrected chi connectivity index (χ2v) is 2.85. The molecule has 0 aliphatic rings. The summed E-state index contributed by atoms with van der Waals surface area (Å²) in [5, 5.41) is 0. The van der Waals surface area contributed by atoms with Gasteiger partial charge in [0.25, 0.3) is 0 Å². The van der Waals surface area contributed by atoms with E-state index in [1.54, 1.807) is 0 Å². The van der Waals surface area contributed by atoms with Crippen LogP contribution >= 0.6 is 0 Å². The molecule has 0 spiro atoms. The van der Waals surface area contributed by atoms with Crippen molar-refractivity contribution in [3.05, 3.63) is 0 Å². The average Bonchev–Trinajstić information content (AvgIpc) is 1.98. The Morgan fingerprint density at radius 3 is 2.20 bits per heavy atom. The van der Waals surface area contributed by atoms with E-state index in [1.165, 1.54) is 6.42 Å². The minimum absolute atomic E-state index is 0.574. The lowest BCUT2D eigenvalue weighted by Gasteiger charge is -2.10. The Hall–Kier alpha value is -0.440. The van der Waals surface area contributed by atoms with Crippen LogP contribution in [0.2, 0.25) is 0 Å². The Labute approximate surface area is 65.0 Å². The first kappa shape index (κ1) is 9.56. The van der Waals surface area contributed by atoms with Gasteiger partial charge in [0.1, 0.15) is 0 Å². The van der Waals surface area contributed by atoms with Gasteiger partial charge >= 0.3 is 0 Å². The van der Waals surface area contributed by atoms with Crippen LogP contribution in [-0.2, 0) is 0 Å². The van der Waals surface area contributed by atoms with E-state index in [9.17, 15) is 0 Å². The van der Waals surface area contributed by atoms with Gasteiger partial charge in [0.2, 0.25) is 0 Å². The SMILES string of the molecule is CCC#CC(C)C(C)CC. The van der Waals surface area contributed by atoms with Crippen LogP contribution in [0, 0.1) is 23.7 Å². The van der Waals surface area contributed by atoms with Gasteiger partial charge in [-0.3, -0.25) is 0 Å². The zero-order valence-corrected chi connectivity index (χ0v) is 7.57. The second-order valence-electron chi connectivity index (χ2n) is 2.85. The fourth-order valence-corrected chi connectivity index (χ4v) is 0.759. The Bertz CT molecular complexity index is 125. The molecule has 0 N–H and O–H groups in total. The highest BCUT2D eigenvalue weighted by Crippen LogP contribution is 2.12. The molecule has 0 nitrogen and oxygen atoms in total. The van der Waals surface area contributed by atoms with E-state index in [0.29, 0.717) is 5.92 Å². The molecule has 0 aliphatic carbocycles. The fourth-order valence-electron chi connectivity index (χ4n) is 0.759. The lowest BCUT2D eigenvalue weighted by molar-refractivity contribution is 0.459. The summed E-state index contributed by atoms with van der Waals surface area (Å²) in [4.78, 5) is 0. The minimum Gasteiger partial charge on any atom is -0.103 e.